The van der Waals surface area contributed by atoms with E-state index in [1.165, 1.54) is 0 Å². The van der Waals surface area contributed by atoms with Crippen molar-refractivity contribution in [3.05, 3.63) is 28.1 Å². The molecule has 0 amide bonds. The first kappa shape index (κ1) is 25.1. The molecule has 0 unspecified atom stereocenters. The van der Waals surface area contributed by atoms with Gasteiger partial charge in [-0.3, -0.25) is 0 Å². The van der Waals surface area contributed by atoms with E-state index < -0.39 is 21.6 Å². The van der Waals surface area contributed by atoms with Crippen molar-refractivity contribution in [3.63, 3.8) is 0 Å². The van der Waals surface area contributed by atoms with E-state index in [0.717, 1.165) is 32.6 Å². The summed E-state index contributed by atoms with van der Waals surface area (Å²) in [4.78, 5) is 0. The number of hydrogen-bond acceptors (Lipinski definition) is 3. The molecule has 0 aromatic rings. The summed E-state index contributed by atoms with van der Waals surface area (Å²) in [6, 6.07) is 0. The van der Waals surface area contributed by atoms with E-state index in [9.17, 15) is 0 Å². The Morgan fingerprint density at radius 2 is 1.52 bits per heavy atom. The van der Waals surface area contributed by atoms with Crippen LogP contribution in [0, 0.1) is 0 Å². The molecule has 3 N–H and O–H groups in total. The van der Waals surface area contributed by atoms with Gasteiger partial charge in [-0.25, -0.2) is 0 Å². The van der Waals surface area contributed by atoms with E-state index in [1.807, 2.05) is 0 Å². The van der Waals surface area contributed by atoms with Crippen molar-refractivity contribution in [3.8, 4) is 0 Å². The van der Waals surface area contributed by atoms with Gasteiger partial charge in [0, 0.05) is 0 Å². The molecule has 0 aromatic heterocycles. The number of nitrogens with one attached hydrogen (secondary N) is 3. The minimum atomic E-state index is -1.78. The third kappa shape index (κ3) is 18.1. The molecule has 134 valence electrons. The molecule has 3 nitrogen and oxygen atoms in total. The zero-order chi connectivity index (χ0) is 18.1. The second-order valence-corrected chi connectivity index (χ2v) is 11.1. The van der Waals surface area contributed by atoms with Crippen LogP contribution in [0.15, 0.2) is 28.1 Å². The minimum Gasteiger partial charge on any atom is -0.317 e. The van der Waals surface area contributed by atoms with Crippen LogP contribution >= 0.6 is 0 Å². The average molecular weight is 401 g/mol. The average Bonchev–Trinajstić information content (AvgIpc) is 3.01. The molecule has 1 aliphatic carbocycles. The topological polar surface area (TPSA) is 36.1 Å². The first-order valence-corrected chi connectivity index (χ1v) is 12.5. The van der Waals surface area contributed by atoms with Crippen LogP contribution in [0.5, 0.6) is 0 Å². The zero-order valence-electron chi connectivity index (χ0n) is 16.5. The second kappa shape index (κ2) is 16.7. The first-order chi connectivity index (χ1) is 10.9. The van der Waals surface area contributed by atoms with Crippen molar-refractivity contribution in [2.75, 3.05) is 26.2 Å². The van der Waals surface area contributed by atoms with Crippen molar-refractivity contribution in [1.82, 2.24) is 13.9 Å². The normalized spacial score (nSPS) is 12.4. The fraction of sp³-hybridized carbons (Fsp3) is 0.684. The van der Waals surface area contributed by atoms with Gasteiger partial charge in [0.15, 0.2) is 0 Å². The van der Waals surface area contributed by atoms with Gasteiger partial charge in [0.1, 0.15) is 0 Å². The molecular formula is C19H39N3Zr. The fourth-order valence-corrected chi connectivity index (χ4v) is 6.20. The molecule has 0 atom stereocenters. The molecule has 0 spiro atoms. The van der Waals surface area contributed by atoms with Crippen molar-refractivity contribution in [2.24, 2.45) is 0 Å². The summed E-state index contributed by atoms with van der Waals surface area (Å²) in [5.41, 5.74) is 0.197. The molecule has 0 radical (unpaired) electrons. The minimum absolute atomic E-state index is 0.197. The van der Waals surface area contributed by atoms with Crippen molar-refractivity contribution >= 4 is 3.36 Å². The van der Waals surface area contributed by atoms with Gasteiger partial charge < -0.3 is 10.6 Å². The Hall–Kier alpha value is -0.107. The van der Waals surface area contributed by atoms with Crippen molar-refractivity contribution < 1.29 is 21.6 Å². The molecule has 1 rings (SSSR count). The monoisotopic (exact) mass is 399 g/mol. The van der Waals surface area contributed by atoms with Crippen LogP contribution in [-0.4, -0.2) is 35.1 Å². The van der Waals surface area contributed by atoms with Gasteiger partial charge >= 0.3 is 89.0 Å². The van der Waals surface area contributed by atoms with Gasteiger partial charge in [0.05, 0.1) is 0 Å². The molecular weight excluding hydrogens is 361 g/mol. The van der Waals surface area contributed by atoms with E-state index in [-0.39, 0.29) is 5.54 Å². The predicted octanol–water partition coefficient (Wildman–Crippen LogP) is 3.57. The SMILES string of the molecule is C=[C]=[Zr]([NH]C(C)(C)C)[C]1=CC=CC1.CCNCC.CCNCC. The Bertz CT molecular complexity index is 376. The van der Waals surface area contributed by atoms with E-state index in [2.05, 4.69) is 90.5 Å². The van der Waals surface area contributed by atoms with Crippen LogP contribution in [-0.2, 0) is 21.6 Å². The largest absolute Gasteiger partial charge is 0.317 e. The van der Waals surface area contributed by atoms with Crippen LogP contribution in [0.25, 0.3) is 0 Å². The summed E-state index contributed by atoms with van der Waals surface area (Å²) in [6.45, 7) is 23.2. The van der Waals surface area contributed by atoms with Gasteiger partial charge in [0.25, 0.3) is 0 Å². The van der Waals surface area contributed by atoms with Crippen LogP contribution < -0.4 is 13.9 Å². The Morgan fingerprint density at radius 1 is 1.04 bits per heavy atom. The van der Waals surface area contributed by atoms with Gasteiger partial charge in [-0.05, 0) is 26.2 Å². The van der Waals surface area contributed by atoms with Crippen LogP contribution in [0.3, 0.4) is 0 Å². The molecule has 0 fully saturated rings. The maximum absolute atomic E-state index is 3.82. The van der Waals surface area contributed by atoms with E-state index in [0.29, 0.717) is 0 Å². The van der Waals surface area contributed by atoms with Crippen molar-refractivity contribution in [1.29, 1.82) is 0 Å². The molecule has 0 heterocycles. The first-order valence-electron chi connectivity index (χ1n) is 8.81. The Balaban J connectivity index is 0. The van der Waals surface area contributed by atoms with E-state index in [1.54, 1.807) is 3.28 Å². The second-order valence-electron chi connectivity index (χ2n) is 6.17. The summed E-state index contributed by atoms with van der Waals surface area (Å²) in [7, 11) is 0. The summed E-state index contributed by atoms with van der Waals surface area (Å²) in [5.74, 6) is 0. The Labute approximate surface area is 153 Å². The zero-order valence-corrected chi connectivity index (χ0v) is 18.9. The third-order valence-electron chi connectivity index (χ3n) is 2.77. The molecule has 0 saturated carbocycles. The quantitative estimate of drug-likeness (QED) is 0.638. The number of hydrogen-bond donors (Lipinski definition) is 3. The molecule has 0 aliphatic heterocycles. The maximum atomic E-state index is 3.82. The summed E-state index contributed by atoms with van der Waals surface area (Å²) in [6.07, 6.45) is 7.68. The van der Waals surface area contributed by atoms with Crippen LogP contribution in [0.4, 0.5) is 0 Å². The Morgan fingerprint density at radius 3 is 1.74 bits per heavy atom. The Kier molecular flexibility index (Phi) is 18.3. The molecule has 1 aliphatic rings. The van der Waals surface area contributed by atoms with E-state index in [4.69, 9.17) is 0 Å². The maximum Gasteiger partial charge on any atom is -0.00775 e. The molecule has 4 heteroatoms. The summed E-state index contributed by atoms with van der Waals surface area (Å²) >= 11 is -1.78. The van der Waals surface area contributed by atoms with Gasteiger partial charge in [-0.15, -0.1) is 0 Å². The molecule has 0 saturated heterocycles. The number of rotatable bonds is 6. The fourth-order valence-electron chi connectivity index (χ4n) is 1.75. The molecule has 0 bridgehead atoms. The molecule has 0 aromatic carbocycles. The van der Waals surface area contributed by atoms with Crippen LogP contribution in [0.1, 0.15) is 54.9 Å². The number of allylic oxidation sites excluding steroid dienone is 4. The van der Waals surface area contributed by atoms with Gasteiger partial charge in [-0.1, -0.05) is 27.7 Å². The smallest absolute Gasteiger partial charge is 0.00775 e. The predicted molar refractivity (Wildman–Crippen MR) is 104 cm³/mol. The van der Waals surface area contributed by atoms with Gasteiger partial charge in [0.2, 0.25) is 0 Å². The van der Waals surface area contributed by atoms with Gasteiger partial charge in [-0.2, -0.15) is 0 Å². The van der Waals surface area contributed by atoms with Crippen molar-refractivity contribution in [2.45, 2.75) is 60.4 Å². The molecule has 23 heavy (non-hydrogen) atoms. The standard InChI is InChI=1S/C5H5.C4H10N.2C4H11N.C2H2.Zr/c1-2-4-5-3-1;1-4(2,3)5;2*1-3-5-4-2;1-2;/h1-3H,4H2;5H,1-3H3;2*5H,3-4H2,1-2H3;1H2;/q;-1;;;;+1. The summed E-state index contributed by atoms with van der Waals surface area (Å²) < 4.78 is 8.44. The van der Waals surface area contributed by atoms with E-state index >= 15 is 0 Å². The van der Waals surface area contributed by atoms with Crippen LogP contribution in [0.2, 0.25) is 0 Å². The summed E-state index contributed by atoms with van der Waals surface area (Å²) in [5, 5.41) is 6.22. The third-order valence-corrected chi connectivity index (χ3v) is 8.59.